The van der Waals surface area contributed by atoms with Crippen molar-refractivity contribution < 1.29 is 9.69 Å². The number of carbonyl (C=O) groups excluding carboxylic acids is 1. The molecule has 0 saturated heterocycles. The molecule has 0 aromatic heterocycles. The SMILES string of the molecule is C[NH+](C)CCNC(=O)CSc1ccccc1. The van der Waals surface area contributed by atoms with Crippen LogP contribution < -0.4 is 10.2 Å². The van der Waals surface area contributed by atoms with Gasteiger partial charge in [0.2, 0.25) is 5.91 Å². The van der Waals surface area contributed by atoms with E-state index in [1.807, 2.05) is 30.3 Å². The van der Waals surface area contributed by atoms with Crippen molar-refractivity contribution in [3.05, 3.63) is 30.3 Å². The molecule has 0 atom stereocenters. The second-order valence-corrected chi connectivity index (χ2v) is 4.96. The zero-order chi connectivity index (χ0) is 11.8. The minimum absolute atomic E-state index is 0.107. The van der Waals surface area contributed by atoms with E-state index in [1.165, 1.54) is 4.90 Å². The molecule has 1 amide bonds. The number of benzene rings is 1. The Bertz CT molecular complexity index is 314. The van der Waals surface area contributed by atoms with Crippen LogP contribution in [-0.4, -0.2) is 38.8 Å². The Labute approximate surface area is 101 Å². The molecular weight excluding hydrogens is 220 g/mol. The van der Waals surface area contributed by atoms with Crippen molar-refractivity contribution in [1.82, 2.24) is 5.32 Å². The first-order chi connectivity index (χ1) is 7.68. The number of hydrogen-bond donors (Lipinski definition) is 2. The number of thioether (sulfide) groups is 1. The number of rotatable bonds is 6. The van der Waals surface area contributed by atoms with Gasteiger partial charge < -0.3 is 10.2 Å². The number of quaternary nitrogens is 1. The summed E-state index contributed by atoms with van der Waals surface area (Å²) in [6.07, 6.45) is 0. The number of carbonyl (C=O) groups is 1. The molecule has 0 unspecified atom stereocenters. The smallest absolute Gasteiger partial charge is 0.230 e. The van der Waals surface area contributed by atoms with E-state index in [9.17, 15) is 4.79 Å². The molecule has 0 heterocycles. The third kappa shape index (κ3) is 5.78. The van der Waals surface area contributed by atoms with Gasteiger partial charge in [-0.25, -0.2) is 0 Å². The average molecular weight is 239 g/mol. The fourth-order valence-corrected chi connectivity index (χ4v) is 1.92. The molecule has 4 heteroatoms. The lowest BCUT2D eigenvalue weighted by Gasteiger charge is -2.08. The molecular formula is C12H19N2OS+. The van der Waals surface area contributed by atoms with Gasteiger partial charge in [-0.2, -0.15) is 0 Å². The predicted molar refractivity (Wildman–Crippen MR) is 67.9 cm³/mol. The lowest BCUT2D eigenvalue weighted by atomic mass is 10.4. The summed E-state index contributed by atoms with van der Waals surface area (Å²) < 4.78 is 0. The second kappa shape index (κ2) is 7.30. The van der Waals surface area contributed by atoms with Crippen molar-refractivity contribution in [1.29, 1.82) is 0 Å². The van der Waals surface area contributed by atoms with E-state index < -0.39 is 0 Å². The number of nitrogens with one attached hydrogen (secondary N) is 2. The summed E-state index contributed by atoms with van der Waals surface area (Å²) in [7, 11) is 4.15. The Kier molecular flexibility index (Phi) is 5.96. The average Bonchev–Trinajstić information content (AvgIpc) is 2.27. The molecule has 0 fully saturated rings. The quantitative estimate of drug-likeness (QED) is 0.687. The molecule has 0 radical (unpaired) electrons. The summed E-state index contributed by atoms with van der Waals surface area (Å²) in [5, 5.41) is 2.90. The molecule has 0 spiro atoms. The highest BCUT2D eigenvalue weighted by atomic mass is 32.2. The topological polar surface area (TPSA) is 33.5 Å². The summed E-state index contributed by atoms with van der Waals surface area (Å²) in [6, 6.07) is 9.97. The van der Waals surface area contributed by atoms with Crippen LogP contribution in [0.25, 0.3) is 0 Å². The van der Waals surface area contributed by atoms with Crippen molar-refractivity contribution in [3.8, 4) is 0 Å². The number of amides is 1. The van der Waals surface area contributed by atoms with E-state index in [0.717, 1.165) is 18.0 Å². The van der Waals surface area contributed by atoms with Gasteiger partial charge in [0.15, 0.2) is 0 Å². The number of likely N-dealkylation sites (N-methyl/N-ethyl adjacent to an activating group) is 1. The lowest BCUT2D eigenvalue weighted by molar-refractivity contribution is -0.856. The van der Waals surface area contributed by atoms with Gasteiger partial charge in [0.25, 0.3) is 0 Å². The molecule has 0 aliphatic carbocycles. The Balaban J connectivity index is 2.16. The number of hydrogen-bond acceptors (Lipinski definition) is 2. The Morgan fingerprint density at radius 1 is 1.31 bits per heavy atom. The molecule has 3 nitrogen and oxygen atoms in total. The molecule has 0 bridgehead atoms. The van der Waals surface area contributed by atoms with Crippen molar-refractivity contribution in [2.24, 2.45) is 0 Å². The van der Waals surface area contributed by atoms with E-state index in [1.54, 1.807) is 11.8 Å². The van der Waals surface area contributed by atoms with Gasteiger partial charge in [-0.15, -0.1) is 11.8 Å². The predicted octanol–water partition coefficient (Wildman–Crippen LogP) is 0.0394. The molecule has 0 aliphatic rings. The van der Waals surface area contributed by atoms with Crippen LogP contribution in [0.3, 0.4) is 0 Å². The van der Waals surface area contributed by atoms with Gasteiger partial charge in [0, 0.05) is 4.90 Å². The summed E-state index contributed by atoms with van der Waals surface area (Å²) in [4.78, 5) is 13.9. The highest BCUT2D eigenvalue weighted by molar-refractivity contribution is 8.00. The van der Waals surface area contributed by atoms with Crippen molar-refractivity contribution in [2.45, 2.75) is 4.90 Å². The van der Waals surface area contributed by atoms with Crippen LogP contribution in [-0.2, 0) is 4.79 Å². The highest BCUT2D eigenvalue weighted by Gasteiger charge is 2.02. The molecule has 0 aliphatic heterocycles. The zero-order valence-electron chi connectivity index (χ0n) is 9.82. The van der Waals surface area contributed by atoms with E-state index in [0.29, 0.717) is 5.75 Å². The van der Waals surface area contributed by atoms with Gasteiger partial charge in [0.1, 0.15) is 0 Å². The summed E-state index contributed by atoms with van der Waals surface area (Å²) in [6.45, 7) is 1.71. The van der Waals surface area contributed by atoms with Crippen LogP contribution in [0.2, 0.25) is 0 Å². The molecule has 1 rings (SSSR count). The maximum atomic E-state index is 11.5. The minimum atomic E-state index is 0.107. The molecule has 88 valence electrons. The summed E-state index contributed by atoms with van der Waals surface area (Å²) in [5.74, 6) is 0.599. The summed E-state index contributed by atoms with van der Waals surface area (Å²) in [5.41, 5.74) is 0. The van der Waals surface area contributed by atoms with E-state index in [2.05, 4.69) is 19.4 Å². The van der Waals surface area contributed by atoms with Crippen LogP contribution in [0.15, 0.2) is 35.2 Å². The molecule has 2 N–H and O–H groups in total. The Morgan fingerprint density at radius 2 is 2.00 bits per heavy atom. The van der Waals surface area contributed by atoms with Gasteiger partial charge in [-0.3, -0.25) is 4.79 Å². The van der Waals surface area contributed by atoms with Crippen LogP contribution in [0, 0.1) is 0 Å². The van der Waals surface area contributed by atoms with Gasteiger partial charge >= 0.3 is 0 Å². The van der Waals surface area contributed by atoms with Crippen LogP contribution in [0.4, 0.5) is 0 Å². The largest absolute Gasteiger partial charge is 0.350 e. The van der Waals surface area contributed by atoms with E-state index in [4.69, 9.17) is 0 Å². The fraction of sp³-hybridized carbons (Fsp3) is 0.417. The molecule has 1 aromatic rings. The first-order valence-corrected chi connectivity index (χ1v) is 6.40. The van der Waals surface area contributed by atoms with E-state index in [-0.39, 0.29) is 5.91 Å². The molecule has 16 heavy (non-hydrogen) atoms. The van der Waals surface area contributed by atoms with Crippen molar-refractivity contribution in [2.75, 3.05) is 32.9 Å². The Morgan fingerprint density at radius 3 is 2.62 bits per heavy atom. The second-order valence-electron chi connectivity index (χ2n) is 3.91. The maximum absolute atomic E-state index is 11.5. The standard InChI is InChI=1S/C12H18N2OS/c1-14(2)9-8-13-12(15)10-16-11-6-4-3-5-7-11/h3-7H,8-10H2,1-2H3,(H,13,15)/p+1. The lowest BCUT2D eigenvalue weighted by Crippen LogP contribution is -3.06. The first kappa shape index (κ1) is 13.1. The normalized spacial score (nSPS) is 10.4. The molecule has 0 saturated carbocycles. The first-order valence-electron chi connectivity index (χ1n) is 5.42. The maximum Gasteiger partial charge on any atom is 0.230 e. The Hall–Kier alpha value is -1.00. The van der Waals surface area contributed by atoms with E-state index >= 15 is 0 Å². The van der Waals surface area contributed by atoms with Gasteiger partial charge in [-0.05, 0) is 12.1 Å². The highest BCUT2D eigenvalue weighted by Crippen LogP contribution is 2.15. The van der Waals surface area contributed by atoms with Crippen molar-refractivity contribution >= 4 is 17.7 Å². The minimum Gasteiger partial charge on any atom is -0.350 e. The third-order valence-electron chi connectivity index (χ3n) is 2.06. The fourth-order valence-electron chi connectivity index (χ4n) is 1.17. The monoisotopic (exact) mass is 239 g/mol. The molecule has 1 aromatic carbocycles. The van der Waals surface area contributed by atoms with Gasteiger partial charge in [0.05, 0.1) is 32.9 Å². The summed E-state index contributed by atoms with van der Waals surface area (Å²) >= 11 is 1.57. The van der Waals surface area contributed by atoms with Gasteiger partial charge in [-0.1, -0.05) is 18.2 Å². The van der Waals surface area contributed by atoms with Crippen LogP contribution in [0.5, 0.6) is 0 Å². The van der Waals surface area contributed by atoms with Crippen LogP contribution in [0.1, 0.15) is 0 Å². The third-order valence-corrected chi connectivity index (χ3v) is 3.07. The van der Waals surface area contributed by atoms with Crippen LogP contribution >= 0.6 is 11.8 Å². The zero-order valence-corrected chi connectivity index (χ0v) is 10.6. The van der Waals surface area contributed by atoms with Crippen molar-refractivity contribution in [3.63, 3.8) is 0 Å².